The van der Waals surface area contributed by atoms with Crippen LogP contribution in [0.1, 0.15) is 29.8 Å². The van der Waals surface area contributed by atoms with Crippen molar-refractivity contribution in [2.75, 3.05) is 20.8 Å². The van der Waals surface area contributed by atoms with Crippen molar-refractivity contribution in [3.05, 3.63) is 53.6 Å². The second-order valence-electron chi connectivity index (χ2n) is 5.86. The van der Waals surface area contributed by atoms with Crippen LogP contribution in [0.4, 0.5) is 0 Å². The molecule has 0 aliphatic rings. The fourth-order valence-corrected chi connectivity index (χ4v) is 3.42. The maximum Gasteiger partial charge on any atom is 0.252 e. The van der Waals surface area contributed by atoms with E-state index in [1.807, 2.05) is 42.5 Å². The quantitative estimate of drug-likeness (QED) is 0.719. The van der Waals surface area contributed by atoms with Crippen LogP contribution in [0.15, 0.2) is 47.4 Å². The predicted molar refractivity (Wildman–Crippen MR) is 103 cm³/mol. The van der Waals surface area contributed by atoms with E-state index < -0.39 is 0 Å². The van der Waals surface area contributed by atoms with Crippen LogP contribution in [0.25, 0.3) is 0 Å². The molecular weight excluding hydrogens is 334 g/mol. The Morgan fingerprint density at radius 2 is 1.80 bits per heavy atom. The second kappa shape index (κ2) is 9.37. The zero-order valence-electron chi connectivity index (χ0n) is 15.2. The van der Waals surface area contributed by atoms with Crippen molar-refractivity contribution >= 4 is 17.7 Å². The molecule has 1 N–H and O–H groups in total. The topological polar surface area (TPSA) is 47.6 Å². The minimum Gasteiger partial charge on any atom is -0.493 e. The molecule has 4 nitrogen and oxygen atoms in total. The van der Waals surface area contributed by atoms with Gasteiger partial charge in [-0.05, 0) is 36.2 Å². The van der Waals surface area contributed by atoms with Gasteiger partial charge in [-0.1, -0.05) is 32.0 Å². The van der Waals surface area contributed by atoms with E-state index in [-0.39, 0.29) is 5.91 Å². The minimum atomic E-state index is -0.0378. The lowest BCUT2D eigenvalue weighted by molar-refractivity contribution is 0.0951. The molecule has 0 fully saturated rings. The summed E-state index contributed by atoms with van der Waals surface area (Å²) in [7, 11) is 3.23. The van der Waals surface area contributed by atoms with Gasteiger partial charge in [0.25, 0.3) is 5.91 Å². The molecule has 0 radical (unpaired) electrons. The molecule has 134 valence electrons. The number of carbonyl (C=O) groups excluding carboxylic acids is 1. The molecule has 5 heteroatoms. The van der Waals surface area contributed by atoms with Crippen molar-refractivity contribution in [2.24, 2.45) is 0 Å². The minimum absolute atomic E-state index is 0.0378. The van der Waals surface area contributed by atoms with Gasteiger partial charge in [0.15, 0.2) is 11.5 Å². The highest BCUT2D eigenvalue weighted by molar-refractivity contribution is 8.00. The number of rotatable bonds is 8. The molecule has 0 unspecified atom stereocenters. The molecule has 2 aromatic carbocycles. The maximum absolute atomic E-state index is 12.5. The smallest absolute Gasteiger partial charge is 0.252 e. The molecule has 0 saturated carbocycles. The standard InChI is InChI=1S/C20H25NO3S/c1-14(2)25-19-8-6-5-7-16(19)20(22)21-12-11-15-9-10-17(23-3)18(13-15)24-4/h5-10,13-14H,11-12H2,1-4H3,(H,21,22). The van der Waals surface area contributed by atoms with E-state index in [1.165, 1.54) is 0 Å². The molecule has 0 saturated heterocycles. The fraction of sp³-hybridized carbons (Fsp3) is 0.350. The number of thioether (sulfide) groups is 1. The van der Waals surface area contributed by atoms with E-state index in [2.05, 4.69) is 19.2 Å². The van der Waals surface area contributed by atoms with E-state index in [0.29, 0.717) is 23.3 Å². The van der Waals surface area contributed by atoms with Crippen LogP contribution in [-0.2, 0) is 6.42 Å². The summed E-state index contributed by atoms with van der Waals surface area (Å²) in [5, 5.41) is 3.43. The molecule has 0 aliphatic carbocycles. The molecule has 0 spiro atoms. The van der Waals surface area contributed by atoms with Crippen LogP contribution < -0.4 is 14.8 Å². The van der Waals surface area contributed by atoms with E-state index in [0.717, 1.165) is 22.4 Å². The summed E-state index contributed by atoms with van der Waals surface area (Å²) in [6, 6.07) is 13.5. The molecule has 25 heavy (non-hydrogen) atoms. The normalized spacial score (nSPS) is 10.6. The number of benzene rings is 2. The number of amides is 1. The molecule has 1 amide bonds. The average Bonchev–Trinajstić information content (AvgIpc) is 2.61. The van der Waals surface area contributed by atoms with Crippen molar-refractivity contribution in [3.8, 4) is 11.5 Å². The van der Waals surface area contributed by atoms with Crippen molar-refractivity contribution in [1.82, 2.24) is 5.32 Å². The van der Waals surface area contributed by atoms with Crippen LogP contribution in [-0.4, -0.2) is 31.9 Å². The summed E-state index contributed by atoms with van der Waals surface area (Å²) >= 11 is 1.70. The third kappa shape index (κ3) is 5.43. The highest BCUT2D eigenvalue weighted by atomic mass is 32.2. The van der Waals surface area contributed by atoms with E-state index in [9.17, 15) is 4.79 Å². The summed E-state index contributed by atoms with van der Waals surface area (Å²) in [6.07, 6.45) is 0.728. The Labute approximate surface area is 153 Å². The van der Waals surface area contributed by atoms with Crippen LogP contribution in [0.5, 0.6) is 11.5 Å². The van der Waals surface area contributed by atoms with Crippen molar-refractivity contribution in [1.29, 1.82) is 0 Å². The first-order valence-corrected chi connectivity index (χ1v) is 9.18. The average molecular weight is 359 g/mol. The number of methoxy groups -OCH3 is 2. The van der Waals surface area contributed by atoms with Crippen molar-refractivity contribution in [2.45, 2.75) is 30.4 Å². The van der Waals surface area contributed by atoms with Gasteiger partial charge in [0.05, 0.1) is 19.8 Å². The van der Waals surface area contributed by atoms with Crippen LogP contribution in [0, 0.1) is 0 Å². The van der Waals surface area contributed by atoms with Gasteiger partial charge in [-0.25, -0.2) is 0 Å². The van der Waals surface area contributed by atoms with Gasteiger partial charge in [0.2, 0.25) is 0 Å². The second-order valence-corrected chi connectivity index (χ2v) is 7.48. The van der Waals surface area contributed by atoms with Gasteiger partial charge < -0.3 is 14.8 Å². The number of ether oxygens (including phenoxy) is 2. The highest BCUT2D eigenvalue weighted by Crippen LogP contribution is 2.28. The summed E-state index contributed by atoms with van der Waals surface area (Å²) in [6.45, 7) is 4.81. The molecular formula is C20H25NO3S. The predicted octanol–water partition coefficient (Wildman–Crippen LogP) is 4.18. The number of hydrogen-bond acceptors (Lipinski definition) is 4. The SMILES string of the molecule is COc1ccc(CCNC(=O)c2ccccc2SC(C)C)cc1OC. The fourth-order valence-electron chi connectivity index (χ4n) is 2.46. The van der Waals surface area contributed by atoms with Crippen LogP contribution in [0.2, 0.25) is 0 Å². The molecule has 0 aromatic heterocycles. The van der Waals surface area contributed by atoms with Crippen LogP contribution >= 0.6 is 11.8 Å². The first-order valence-electron chi connectivity index (χ1n) is 8.30. The van der Waals surface area contributed by atoms with Gasteiger partial charge in [-0.2, -0.15) is 0 Å². The molecule has 0 atom stereocenters. The van der Waals surface area contributed by atoms with E-state index in [1.54, 1.807) is 26.0 Å². The van der Waals surface area contributed by atoms with Crippen LogP contribution in [0.3, 0.4) is 0 Å². The maximum atomic E-state index is 12.5. The Balaban J connectivity index is 1.97. The summed E-state index contributed by atoms with van der Waals surface area (Å²) in [5.74, 6) is 1.36. The first-order chi connectivity index (χ1) is 12.0. The summed E-state index contributed by atoms with van der Waals surface area (Å²) < 4.78 is 10.6. The van der Waals surface area contributed by atoms with Gasteiger partial charge in [0.1, 0.15) is 0 Å². The number of carbonyl (C=O) groups is 1. The third-order valence-corrected chi connectivity index (χ3v) is 4.72. The monoisotopic (exact) mass is 359 g/mol. The molecule has 0 aliphatic heterocycles. The Morgan fingerprint density at radius 3 is 2.48 bits per heavy atom. The molecule has 0 bridgehead atoms. The van der Waals surface area contributed by atoms with Crippen molar-refractivity contribution in [3.63, 3.8) is 0 Å². The van der Waals surface area contributed by atoms with E-state index in [4.69, 9.17) is 9.47 Å². The lowest BCUT2D eigenvalue weighted by atomic mass is 10.1. The Hall–Kier alpha value is -2.14. The number of nitrogens with one attached hydrogen (secondary N) is 1. The van der Waals surface area contributed by atoms with Gasteiger partial charge in [-0.15, -0.1) is 11.8 Å². The summed E-state index contributed by atoms with van der Waals surface area (Å²) in [5.41, 5.74) is 1.82. The van der Waals surface area contributed by atoms with E-state index >= 15 is 0 Å². The summed E-state index contributed by atoms with van der Waals surface area (Å²) in [4.78, 5) is 13.5. The molecule has 2 rings (SSSR count). The lowest BCUT2D eigenvalue weighted by Gasteiger charge is -2.12. The lowest BCUT2D eigenvalue weighted by Crippen LogP contribution is -2.26. The Kier molecular flexibility index (Phi) is 7.19. The zero-order valence-corrected chi connectivity index (χ0v) is 16.0. The third-order valence-electron chi connectivity index (χ3n) is 3.64. The van der Waals surface area contributed by atoms with Gasteiger partial charge in [0, 0.05) is 16.7 Å². The van der Waals surface area contributed by atoms with Gasteiger partial charge in [-0.3, -0.25) is 4.79 Å². The number of hydrogen-bond donors (Lipinski definition) is 1. The molecule has 2 aromatic rings. The Morgan fingerprint density at radius 1 is 1.08 bits per heavy atom. The highest BCUT2D eigenvalue weighted by Gasteiger charge is 2.12. The largest absolute Gasteiger partial charge is 0.493 e. The Bertz CT molecular complexity index is 716. The van der Waals surface area contributed by atoms with Crippen molar-refractivity contribution < 1.29 is 14.3 Å². The first kappa shape index (κ1) is 19.2. The zero-order chi connectivity index (χ0) is 18.2. The molecule has 0 heterocycles. The van der Waals surface area contributed by atoms with Gasteiger partial charge >= 0.3 is 0 Å².